The van der Waals surface area contributed by atoms with Gasteiger partial charge in [0.15, 0.2) is 5.13 Å². The van der Waals surface area contributed by atoms with Gasteiger partial charge in [-0.2, -0.15) is 0 Å². The highest BCUT2D eigenvalue weighted by atomic mass is 32.1. The molecule has 1 fully saturated rings. The zero-order valence-electron chi connectivity index (χ0n) is 15.0. The van der Waals surface area contributed by atoms with Gasteiger partial charge in [0.25, 0.3) is 5.69 Å². The Balaban J connectivity index is 1.40. The fraction of sp³-hybridized carbons (Fsp3) is 0.200. The van der Waals surface area contributed by atoms with E-state index in [1.807, 2.05) is 41.3 Å². The third-order valence-corrected chi connectivity index (χ3v) is 5.73. The molecule has 28 heavy (non-hydrogen) atoms. The summed E-state index contributed by atoms with van der Waals surface area (Å²) in [5, 5.41) is 11.8. The number of aromatic nitrogens is 1. The second kappa shape index (κ2) is 7.77. The highest BCUT2D eigenvalue weighted by molar-refractivity contribution is 7.22. The Morgan fingerprint density at radius 3 is 2.57 bits per heavy atom. The van der Waals surface area contributed by atoms with Gasteiger partial charge in [0, 0.05) is 44.4 Å². The Labute approximate surface area is 165 Å². The number of benzene rings is 2. The number of non-ortho nitro benzene ring substituents is 1. The molecule has 142 valence electrons. The van der Waals surface area contributed by atoms with Crippen molar-refractivity contribution in [3.63, 3.8) is 0 Å². The van der Waals surface area contributed by atoms with Gasteiger partial charge < -0.3 is 9.80 Å². The number of hydrogen-bond acceptors (Lipinski definition) is 6. The molecule has 0 unspecified atom stereocenters. The van der Waals surface area contributed by atoms with Crippen molar-refractivity contribution in [2.24, 2.45) is 0 Å². The lowest BCUT2D eigenvalue weighted by Gasteiger charge is -2.34. The maximum absolute atomic E-state index is 12.4. The summed E-state index contributed by atoms with van der Waals surface area (Å²) in [6, 6.07) is 14.5. The van der Waals surface area contributed by atoms with Gasteiger partial charge in [-0.3, -0.25) is 14.9 Å². The summed E-state index contributed by atoms with van der Waals surface area (Å²) in [6.45, 7) is 2.61. The molecule has 0 bridgehead atoms. The molecule has 0 saturated carbocycles. The van der Waals surface area contributed by atoms with Gasteiger partial charge in [0.2, 0.25) is 5.91 Å². The first-order valence-electron chi connectivity index (χ1n) is 8.92. The van der Waals surface area contributed by atoms with E-state index in [0.29, 0.717) is 26.2 Å². The standard InChI is InChI=1S/C20H18N4O3S/c25-19(9-6-15-4-2-1-3-5-15)22-10-12-23(13-11-22)20-21-17-8-7-16(24(26)27)14-18(17)28-20/h1-9,14H,10-13H2/b9-6+. The van der Waals surface area contributed by atoms with Crippen LogP contribution in [-0.2, 0) is 4.79 Å². The highest BCUT2D eigenvalue weighted by Crippen LogP contribution is 2.31. The first-order valence-corrected chi connectivity index (χ1v) is 9.74. The summed E-state index contributed by atoms with van der Waals surface area (Å²) in [4.78, 5) is 31.5. The molecule has 1 amide bonds. The van der Waals surface area contributed by atoms with Gasteiger partial charge in [-0.15, -0.1) is 0 Å². The van der Waals surface area contributed by atoms with Gasteiger partial charge >= 0.3 is 0 Å². The average Bonchev–Trinajstić information content (AvgIpc) is 3.16. The lowest BCUT2D eigenvalue weighted by atomic mass is 10.2. The molecule has 0 N–H and O–H groups in total. The Morgan fingerprint density at radius 2 is 1.86 bits per heavy atom. The molecule has 3 aromatic rings. The summed E-state index contributed by atoms with van der Waals surface area (Å²) in [5.74, 6) is 0.00317. The number of amides is 1. The van der Waals surface area contributed by atoms with Crippen molar-refractivity contribution in [1.29, 1.82) is 0 Å². The minimum atomic E-state index is -0.397. The lowest BCUT2D eigenvalue weighted by molar-refractivity contribution is -0.384. The van der Waals surface area contributed by atoms with Gasteiger partial charge in [-0.1, -0.05) is 41.7 Å². The maximum atomic E-state index is 12.4. The third-order valence-electron chi connectivity index (χ3n) is 4.65. The van der Waals surface area contributed by atoms with E-state index >= 15 is 0 Å². The molecule has 7 nitrogen and oxygen atoms in total. The van der Waals surface area contributed by atoms with Crippen LogP contribution in [0.4, 0.5) is 10.8 Å². The molecule has 1 saturated heterocycles. The van der Waals surface area contributed by atoms with Gasteiger partial charge in [-0.05, 0) is 17.7 Å². The molecule has 0 spiro atoms. The number of thiazole rings is 1. The van der Waals surface area contributed by atoms with Crippen molar-refractivity contribution < 1.29 is 9.72 Å². The van der Waals surface area contributed by atoms with Crippen LogP contribution < -0.4 is 4.90 Å². The largest absolute Gasteiger partial charge is 0.345 e. The van der Waals surface area contributed by atoms with Crippen LogP contribution in [0, 0.1) is 10.1 Å². The predicted octanol–water partition coefficient (Wildman–Crippen LogP) is 3.57. The zero-order chi connectivity index (χ0) is 19.5. The number of anilines is 1. The Morgan fingerprint density at radius 1 is 1.11 bits per heavy atom. The summed E-state index contributed by atoms with van der Waals surface area (Å²) >= 11 is 1.45. The monoisotopic (exact) mass is 394 g/mol. The molecular formula is C20H18N4O3S. The van der Waals surface area contributed by atoms with E-state index in [1.165, 1.54) is 17.4 Å². The van der Waals surface area contributed by atoms with Crippen molar-refractivity contribution in [3.8, 4) is 0 Å². The minimum absolute atomic E-state index is 0.00317. The third kappa shape index (κ3) is 3.86. The topological polar surface area (TPSA) is 79.6 Å². The molecule has 2 aromatic carbocycles. The van der Waals surface area contributed by atoms with Crippen molar-refractivity contribution in [3.05, 3.63) is 70.3 Å². The number of rotatable bonds is 4. The van der Waals surface area contributed by atoms with Crippen molar-refractivity contribution >= 4 is 44.4 Å². The fourth-order valence-corrected chi connectivity index (χ4v) is 4.16. The van der Waals surface area contributed by atoms with Gasteiger partial charge in [0.1, 0.15) is 0 Å². The molecule has 4 rings (SSSR count). The first-order chi connectivity index (χ1) is 13.6. The van der Waals surface area contributed by atoms with Crippen LogP contribution >= 0.6 is 11.3 Å². The van der Waals surface area contributed by atoms with E-state index in [2.05, 4.69) is 9.88 Å². The zero-order valence-corrected chi connectivity index (χ0v) is 15.8. The van der Waals surface area contributed by atoms with E-state index in [0.717, 1.165) is 20.9 Å². The lowest BCUT2D eigenvalue weighted by Crippen LogP contribution is -2.48. The van der Waals surface area contributed by atoms with Crippen molar-refractivity contribution in [2.45, 2.75) is 0 Å². The van der Waals surface area contributed by atoms with E-state index in [9.17, 15) is 14.9 Å². The molecule has 0 aliphatic carbocycles. The van der Waals surface area contributed by atoms with Crippen LogP contribution in [0.5, 0.6) is 0 Å². The SMILES string of the molecule is O=C(/C=C/c1ccccc1)N1CCN(c2nc3ccc([N+](=O)[O-])cc3s2)CC1. The smallest absolute Gasteiger partial charge is 0.270 e. The molecular weight excluding hydrogens is 376 g/mol. The quantitative estimate of drug-likeness (QED) is 0.384. The molecule has 0 atom stereocenters. The minimum Gasteiger partial charge on any atom is -0.345 e. The average molecular weight is 394 g/mol. The number of hydrogen-bond donors (Lipinski definition) is 0. The highest BCUT2D eigenvalue weighted by Gasteiger charge is 2.22. The van der Waals surface area contributed by atoms with Crippen molar-refractivity contribution in [1.82, 2.24) is 9.88 Å². The molecule has 1 aliphatic rings. The van der Waals surface area contributed by atoms with Gasteiger partial charge in [0.05, 0.1) is 15.1 Å². The Kier molecular flexibility index (Phi) is 5.03. The summed E-state index contributed by atoms with van der Waals surface area (Å²) in [6.07, 6.45) is 3.44. The summed E-state index contributed by atoms with van der Waals surface area (Å²) in [5.41, 5.74) is 1.83. The maximum Gasteiger partial charge on any atom is 0.270 e. The Bertz CT molecular complexity index is 1040. The van der Waals surface area contributed by atoms with Crippen molar-refractivity contribution in [2.75, 3.05) is 31.1 Å². The molecule has 0 radical (unpaired) electrons. The first kappa shape index (κ1) is 18.1. The Hall–Kier alpha value is -3.26. The van der Waals surface area contributed by atoms with Crippen LogP contribution in [0.2, 0.25) is 0 Å². The number of piperazine rings is 1. The number of fused-ring (bicyclic) bond motifs is 1. The van der Waals surface area contributed by atoms with E-state index < -0.39 is 4.92 Å². The predicted molar refractivity (Wildman–Crippen MR) is 111 cm³/mol. The second-order valence-electron chi connectivity index (χ2n) is 6.46. The van der Waals surface area contributed by atoms with E-state index in [1.54, 1.807) is 18.2 Å². The summed E-state index contributed by atoms with van der Waals surface area (Å²) in [7, 11) is 0. The van der Waals surface area contributed by atoms with Crippen LogP contribution in [0.3, 0.4) is 0 Å². The second-order valence-corrected chi connectivity index (χ2v) is 7.47. The molecule has 1 aliphatic heterocycles. The van der Waals surface area contributed by atoms with E-state index in [-0.39, 0.29) is 11.6 Å². The van der Waals surface area contributed by atoms with Crippen LogP contribution in [0.15, 0.2) is 54.6 Å². The number of nitro groups is 1. The molecule has 1 aromatic heterocycles. The molecule has 8 heteroatoms. The van der Waals surface area contributed by atoms with Crippen LogP contribution in [0.25, 0.3) is 16.3 Å². The van der Waals surface area contributed by atoms with Crippen LogP contribution in [0.1, 0.15) is 5.56 Å². The number of carbonyl (C=O) groups excluding carboxylic acids is 1. The van der Waals surface area contributed by atoms with Crippen LogP contribution in [-0.4, -0.2) is 46.9 Å². The number of carbonyl (C=O) groups is 1. The van der Waals surface area contributed by atoms with Gasteiger partial charge in [-0.25, -0.2) is 4.98 Å². The normalized spacial score (nSPS) is 14.7. The fourth-order valence-electron chi connectivity index (χ4n) is 3.11. The van der Waals surface area contributed by atoms with E-state index in [4.69, 9.17) is 0 Å². The number of nitrogens with zero attached hydrogens (tertiary/aromatic N) is 4. The molecule has 2 heterocycles. The summed E-state index contributed by atoms with van der Waals surface area (Å²) < 4.78 is 0.800. The number of nitro benzene ring substituents is 1.